The number of nitrogens with zero attached hydrogens (tertiary/aromatic N) is 1. The lowest BCUT2D eigenvalue weighted by Crippen LogP contribution is -2.45. The van der Waals surface area contributed by atoms with Crippen molar-refractivity contribution < 1.29 is 9.90 Å². The van der Waals surface area contributed by atoms with Crippen LogP contribution in [0.2, 0.25) is 0 Å². The van der Waals surface area contributed by atoms with Gasteiger partial charge in [-0.2, -0.15) is 0 Å². The van der Waals surface area contributed by atoms with E-state index in [4.69, 9.17) is 0 Å². The molecule has 3 nitrogen and oxygen atoms in total. The van der Waals surface area contributed by atoms with E-state index in [0.29, 0.717) is 0 Å². The van der Waals surface area contributed by atoms with Crippen molar-refractivity contribution in [3.8, 4) is 0 Å². The van der Waals surface area contributed by atoms with Crippen LogP contribution in [0.25, 0.3) is 0 Å². The van der Waals surface area contributed by atoms with Crippen LogP contribution >= 0.6 is 0 Å². The molecule has 1 N–H and O–H groups in total. The van der Waals surface area contributed by atoms with Gasteiger partial charge in [-0.25, -0.2) is 0 Å². The van der Waals surface area contributed by atoms with Gasteiger partial charge in [-0.15, -0.1) is 0 Å². The fraction of sp³-hybridized carbons (Fsp3) is 0.400. The van der Waals surface area contributed by atoms with Crippen molar-refractivity contribution >= 4 is 5.97 Å². The second kappa shape index (κ2) is 4.25. The summed E-state index contributed by atoms with van der Waals surface area (Å²) in [7, 11) is 0. The zero-order valence-electron chi connectivity index (χ0n) is 10.4. The molecule has 0 radical (unpaired) electrons. The monoisotopic (exact) mass is 243 g/mol. The highest BCUT2D eigenvalue weighted by atomic mass is 16.4. The van der Waals surface area contributed by atoms with Gasteiger partial charge in [0.1, 0.15) is 6.04 Å². The molecule has 1 aromatic rings. The Morgan fingerprint density at radius 1 is 1.33 bits per heavy atom. The second-order valence-electron chi connectivity index (χ2n) is 5.17. The van der Waals surface area contributed by atoms with Crippen LogP contribution in [0.4, 0.5) is 0 Å². The van der Waals surface area contributed by atoms with Crippen LogP contribution in [0.15, 0.2) is 42.5 Å². The van der Waals surface area contributed by atoms with E-state index in [2.05, 4.69) is 36.1 Å². The lowest BCUT2D eigenvalue weighted by molar-refractivity contribution is -0.144. The molecule has 1 heterocycles. The van der Waals surface area contributed by atoms with Gasteiger partial charge in [0.2, 0.25) is 0 Å². The van der Waals surface area contributed by atoms with Crippen LogP contribution < -0.4 is 0 Å². The van der Waals surface area contributed by atoms with E-state index in [9.17, 15) is 9.90 Å². The number of hydrogen-bond acceptors (Lipinski definition) is 2. The molecule has 4 atom stereocenters. The molecule has 2 bridgehead atoms. The van der Waals surface area contributed by atoms with Crippen molar-refractivity contribution in [3.63, 3.8) is 0 Å². The smallest absolute Gasteiger partial charge is 0.321 e. The maximum absolute atomic E-state index is 11.5. The largest absolute Gasteiger partial charge is 0.480 e. The highest BCUT2D eigenvalue weighted by molar-refractivity contribution is 5.75. The van der Waals surface area contributed by atoms with Crippen LogP contribution in [-0.2, 0) is 4.79 Å². The van der Waals surface area contributed by atoms with Gasteiger partial charge in [-0.05, 0) is 18.9 Å². The third-order valence-electron chi connectivity index (χ3n) is 4.19. The number of rotatable bonds is 3. The number of hydrogen-bond donors (Lipinski definition) is 1. The molecular formula is C15H17NO2. The first-order valence-corrected chi connectivity index (χ1v) is 6.42. The van der Waals surface area contributed by atoms with Crippen LogP contribution in [0, 0.1) is 5.92 Å². The molecule has 0 amide bonds. The van der Waals surface area contributed by atoms with Crippen molar-refractivity contribution in [2.75, 3.05) is 0 Å². The van der Waals surface area contributed by atoms with Gasteiger partial charge >= 0.3 is 5.97 Å². The summed E-state index contributed by atoms with van der Waals surface area (Å²) in [6.45, 7) is 2.10. The van der Waals surface area contributed by atoms with E-state index < -0.39 is 5.97 Å². The Balaban J connectivity index is 1.91. The van der Waals surface area contributed by atoms with Gasteiger partial charge in [0.05, 0.1) is 0 Å². The summed E-state index contributed by atoms with van der Waals surface area (Å²) in [6, 6.07) is 10.2. The van der Waals surface area contributed by atoms with E-state index in [1.54, 1.807) is 0 Å². The third kappa shape index (κ3) is 1.66. The Morgan fingerprint density at radius 2 is 2.06 bits per heavy atom. The lowest BCUT2D eigenvalue weighted by Gasteiger charge is -2.35. The van der Waals surface area contributed by atoms with Crippen LogP contribution in [-0.4, -0.2) is 28.1 Å². The molecule has 3 rings (SSSR count). The Hall–Kier alpha value is -1.61. The molecule has 3 unspecified atom stereocenters. The number of carboxylic acids is 1. The molecule has 94 valence electrons. The summed E-state index contributed by atoms with van der Waals surface area (Å²) in [5.41, 5.74) is 1.18. The first kappa shape index (κ1) is 11.5. The average molecular weight is 243 g/mol. The molecule has 1 fully saturated rings. The Kier molecular flexibility index (Phi) is 2.71. The van der Waals surface area contributed by atoms with Crippen LogP contribution in [0.5, 0.6) is 0 Å². The lowest BCUT2D eigenvalue weighted by atomic mass is 9.99. The summed E-state index contributed by atoms with van der Waals surface area (Å²) in [6.07, 6.45) is 5.18. The number of fused-ring (bicyclic) bond motifs is 2. The Labute approximate surface area is 107 Å². The van der Waals surface area contributed by atoms with Crippen molar-refractivity contribution in [2.45, 2.75) is 31.5 Å². The van der Waals surface area contributed by atoms with Crippen LogP contribution in [0.3, 0.4) is 0 Å². The van der Waals surface area contributed by atoms with Gasteiger partial charge in [-0.1, -0.05) is 42.5 Å². The minimum Gasteiger partial charge on any atom is -0.480 e. The van der Waals surface area contributed by atoms with E-state index in [0.717, 1.165) is 6.42 Å². The molecule has 1 aliphatic heterocycles. The molecular weight excluding hydrogens is 226 g/mol. The maximum Gasteiger partial charge on any atom is 0.321 e. The molecule has 1 aliphatic carbocycles. The van der Waals surface area contributed by atoms with Gasteiger partial charge in [0.25, 0.3) is 0 Å². The summed E-state index contributed by atoms with van der Waals surface area (Å²) < 4.78 is 0. The molecule has 3 heteroatoms. The quantitative estimate of drug-likeness (QED) is 0.829. The molecule has 0 spiro atoms. The fourth-order valence-corrected chi connectivity index (χ4v) is 3.33. The molecule has 0 aromatic heterocycles. The van der Waals surface area contributed by atoms with Crippen molar-refractivity contribution in [2.24, 2.45) is 5.92 Å². The van der Waals surface area contributed by atoms with Crippen molar-refractivity contribution in [1.29, 1.82) is 0 Å². The van der Waals surface area contributed by atoms with E-state index in [-0.39, 0.29) is 24.0 Å². The zero-order valence-corrected chi connectivity index (χ0v) is 10.4. The number of likely N-dealkylation sites (tertiary alicyclic amines) is 1. The first-order valence-electron chi connectivity index (χ1n) is 6.42. The van der Waals surface area contributed by atoms with E-state index in [1.807, 2.05) is 18.2 Å². The van der Waals surface area contributed by atoms with E-state index in [1.165, 1.54) is 5.56 Å². The van der Waals surface area contributed by atoms with Crippen molar-refractivity contribution in [1.82, 2.24) is 4.90 Å². The standard InChI is InChI=1S/C15H17NO2/c1-10(11-5-3-2-4-6-11)16-13-8-7-12(9-13)14(16)15(17)18/h2-8,10,12-14H,9H2,1H3,(H,17,18)/t10-,12?,13?,14?/m1/s1. The molecule has 0 saturated carbocycles. The predicted molar refractivity (Wildman–Crippen MR) is 69.2 cm³/mol. The highest BCUT2D eigenvalue weighted by Crippen LogP contribution is 2.42. The van der Waals surface area contributed by atoms with Crippen LogP contribution in [0.1, 0.15) is 24.9 Å². The third-order valence-corrected chi connectivity index (χ3v) is 4.19. The minimum absolute atomic E-state index is 0.146. The molecule has 1 saturated heterocycles. The van der Waals surface area contributed by atoms with Gasteiger partial charge in [0, 0.05) is 18.0 Å². The average Bonchev–Trinajstić information content (AvgIpc) is 2.99. The Bertz CT molecular complexity index is 483. The van der Waals surface area contributed by atoms with Gasteiger partial charge in [-0.3, -0.25) is 9.69 Å². The summed E-state index contributed by atoms with van der Waals surface area (Å²) in [5, 5.41) is 9.43. The zero-order chi connectivity index (χ0) is 12.7. The normalized spacial score (nSPS) is 31.7. The topological polar surface area (TPSA) is 40.5 Å². The second-order valence-corrected chi connectivity index (χ2v) is 5.17. The molecule has 2 aliphatic rings. The summed E-state index contributed by atoms with van der Waals surface area (Å²) >= 11 is 0. The summed E-state index contributed by atoms with van der Waals surface area (Å²) in [5.74, 6) is -0.520. The number of carboxylic acid groups (broad SMARTS) is 1. The van der Waals surface area contributed by atoms with Gasteiger partial charge in [0.15, 0.2) is 0 Å². The summed E-state index contributed by atoms with van der Waals surface area (Å²) in [4.78, 5) is 13.6. The van der Waals surface area contributed by atoms with Crippen molar-refractivity contribution in [3.05, 3.63) is 48.0 Å². The fourth-order valence-electron chi connectivity index (χ4n) is 3.33. The van der Waals surface area contributed by atoms with Gasteiger partial charge < -0.3 is 5.11 Å². The van der Waals surface area contributed by atoms with E-state index >= 15 is 0 Å². The predicted octanol–water partition coefficient (Wildman–Crippen LogP) is 2.46. The highest BCUT2D eigenvalue weighted by Gasteiger charge is 2.48. The Morgan fingerprint density at radius 3 is 2.72 bits per heavy atom. The SMILES string of the molecule is C[C@H](c1ccccc1)N1C2C=CC(C2)C1C(=O)O. The number of carbonyl (C=O) groups is 1. The first-order chi connectivity index (χ1) is 8.68. The number of benzene rings is 1. The maximum atomic E-state index is 11.5. The molecule has 18 heavy (non-hydrogen) atoms. The minimum atomic E-state index is -0.699. The molecule has 1 aromatic carbocycles. The number of aliphatic carboxylic acids is 1.